The molecule has 0 aromatic carbocycles. The molecule has 0 aliphatic rings. The number of hydrogen-bond donors (Lipinski definition) is 6. The zero-order valence-corrected chi connectivity index (χ0v) is 10.9. The summed E-state index contributed by atoms with van der Waals surface area (Å²) in [5, 5.41) is 0. The third kappa shape index (κ3) is 12.3. The Kier molecular flexibility index (Phi) is 14.5. The Morgan fingerprint density at radius 1 is 1.06 bits per heavy atom. The van der Waals surface area contributed by atoms with E-state index < -0.39 is 23.9 Å². The SMILES string of the molecule is COP(=O)(O)OP(=O)(O)O[P+](=O)O.N.N.N. The van der Waals surface area contributed by atoms with Crippen LogP contribution < -0.4 is 18.5 Å². The minimum Gasteiger partial charge on any atom is -0.344 e. The van der Waals surface area contributed by atoms with Gasteiger partial charge in [0, 0.05) is 11.7 Å². The predicted molar refractivity (Wildman–Crippen MR) is 53.7 cm³/mol. The van der Waals surface area contributed by atoms with Crippen molar-refractivity contribution in [3.05, 3.63) is 0 Å². The van der Waals surface area contributed by atoms with Crippen molar-refractivity contribution in [2.45, 2.75) is 0 Å². The highest BCUT2D eigenvalue weighted by Crippen LogP contribution is 2.62. The molecule has 0 radical (unpaired) electrons. The lowest BCUT2D eigenvalue weighted by Crippen LogP contribution is -1.91. The van der Waals surface area contributed by atoms with E-state index in [9.17, 15) is 13.7 Å². The third-order valence-corrected chi connectivity index (χ3v) is 4.11. The zero-order valence-electron chi connectivity index (χ0n) is 8.25. The number of hydrogen-bond acceptors (Lipinski definition) is 9. The van der Waals surface area contributed by atoms with Gasteiger partial charge in [-0.15, -0.1) is 4.89 Å². The van der Waals surface area contributed by atoms with E-state index >= 15 is 0 Å². The molecule has 0 heterocycles. The predicted octanol–water partition coefficient (Wildman–Crippen LogP) is 1.00. The summed E-state index contributed by atoms with van der Waals surface area (Å²) in [6.07, 6.45) is 0. The van der Waals surface area contributed by atoms with Crippen molar-refractivity contribution in [2.75, 3.05) is 7.11 Å². The summed E-state index contributed by atoms with van der Waals surface area (Å²) in [5.41, 5.74) is 0. The van der Waals surface area contributed by atoms with E-state index in [1.165, 1.54) is 0 Å². The first kappa shape index (κ1) is 25.1. The lowest BCUT2D eigenvalue weighted by molar-refractivity contribution is 0.205. The molecular weight excluding hydrogens is 291 g/mol. The molecule has 12 N–H and O–H groups in total. The van der Waals surface area contributed by atoms with Gasteiger partial charge in [-0.3, -0.25) is 9.42 Å². The van der Waals surface area contributed by atoms with E-state index in [0.29, 0.717) is 0 Å². The molecular formula is CH15N3O9P3+. The maximum atomic E-state index is 10.6. The molecule has 0 rings (SSSR count). The molecule has 0 fully saturated rings. The van der Waals surface area contributed by atoms with E-state index in [1.54, 1.807) is 0 Å². The van der Waals surface area contributed by atoms with E-state index in [2.05, 4.69) is 13.1 Å². The highest BCUT2D eigenvalue weighted by atomic mass is 31.3. The fourth-order valence-electron chi connectivity index (χ4n) is 0.267. The maximum Gasteiger partial charge on any atom is 0.705 e. The van der Waals surface area contributed by atoms with Crippen LogP contribution in [0.1, 0.15) is 0 Å². The maximum absolute atomic E-state index is 10.6. The molecule has 0 aliphatic heterocycles. The van der Waals surface area contributed by atoms with Crippen molar-refractivity contribution in [3.8, 4) is 0 Å². The molecule has 3 unspecified atom stereocenters. The first-order valence-corrected chi connectivity index (χ1v) is 6.59. The molecule has 0 aromatic rings. The van der Waals surface area contributed by atoms with Crippen molar-refractivity contribution in [3.63, 3.8) is 0 Å². The average Bonchev–Trinajstić information content (AvgIpc) is 1.81. The van der Waals surface area contributed by atoms with Gasteiger partial charge in [-0.05, 0) is 4.31 Å². The van der Waals surface area contributed by atoms with Gasteiger partial charge in [0.15, 0.2) is 0 Å². The molecule has 0 saturated heterocycles. The standard InChI is InChI=1S/CH5O9P3.3H3N/c1-8-12(4,5)10-13(6,7)9-11(2)3;;;/h1H3,(H2-,2,3,4,5,6,7);3*1H3/p+1. The van der Waals surface area contributed by atoms with Crippen molar-refractivity contribution < 1.29 is 41.5 Å². The van der Waals surface area contributed by atoms with Gasteiger partial charge in [-0.1, -0.05) is 0 Å². The van der Waals surface area contributed by atoms with Crippen molar-refractivity contribution >= 4 is 23.9 Å². The van der Waals surface area contributed by atoms with Crippen LogP contribution >= 0.6 is 23.9 Å². The summed E-state index contributed by atoms with van der Waals surface area (Å²) in [5.74, 6) is 0. The van der Waals surface area contributed by atoms with Crippen LogP contribution in [-0.4, -0.2) is 21.8 Å². The monoisotopic (exact) mass is 306 g/mol. The summed E-state index contributed by atoms with van der Waals surface area (Å²) in [6, 6.07) is 0. The fraction of sp³-hybridized carbons (Fsp3) is 1.00. The highest BCUT2D eigenvalue weighted by Gasteiger charge is 2.42. The molecule has 102 valence electrons. The second-order valence-electron chi connectivity index (χ2n) is 1.52. The second-order valence-corrected chi connectivity index (χ2v) is 5.54. The Bertz CT molecular complexity index is 292. The smallest absolute Gasteiger partial charge is 0.344 e. The van der Waals surface area contributed by atoms with Gasteiger partial charge in [0.2, 0.25) is 0 Å². The summed E-state index contributed by atoms with van der Waals surface area (Å²) < 4.78 is 41.6. The van der Waals surface area contributed by atoms with Crippen molar-refractivity contribution in [1.29, 1.82) is 0 Å². The summed E-state index contributed by atoms with van der Waals surface area (Å²) in [7, 11) is -12.5. The van der Waals surface area contributed by atoms with Gasteiger partial charge in [0.25, 0.3) is 0 Å². The largest absolute Gasteiger partial charge is 0.705 e. The van der Waals surface area contributed by atoms with Gasteiger partial charge < -0.3 is 23.3 Å². The van der Waals surface area contributed by atoms with Gasteiger partial charge in [-0.25, -0.2) is 9.13 Å². The fourth-order valence-corrected chi connectivity index (χ4v) is 2.67. The Balaban J connectivity index is -0.000000240. The highest BCUT2D eigenvalue weighted by molar-refractivity contribution is 7.64. The van der Waals surface area contributed by atoms with Crippen LogP contribution in [0.15, 0.2) is 0 Å². The Hall–Kier alpha value is 0.200. The summed E-state index contributed by atoms with van der Waals surface area (Å²) >= 11 is 0. The number of phosphoric acid groups is 2. The second kappa shape index (κ2) is 9.25. The van der Waals surface area contributed by atoms with Crippen LogP contribution in [0.2, 0.25) is 0 Å². The quantitative estimate of drug-likeness (QED) is 0.389. The minimum atomic E-state index is -5.06. The first-order chi connectivity index (χ1) is 5.68. The lowest BCUT2D eigenvalue weighted by Gasteiger charge is -2.08. The van der Waals surface area contributed by atoms with Gasteiger partial charge in [0.1, 0.15) is 0 Å². The van der Waals surface area contributed by atoms with Gasteiger partial charge in [-0.2, -0.15) is 4.31 Å². The average molecular weight is 306 g/mol. The Morgan fingerprint density at radius 2 is 1.44 bits per heavy atom. The first-order valence-electron chi connectivity index (χ1n) is 2.47. The number of rotatable bonds is 5. The molecule has 0 bridgehead atoms. The third-order valence-electron chi connectivity index (χ3n) is 0.610. The van der Waals surface area contributed by atoms with Crippen LogP contribution in [0.4, 0.5) is 0 Å². The molecule has 12 nitrogen and oxygen atoms in total. The van der Waals surface area contributed by atoms with Gasteiger partial charge in [0.05, 0.1) is 0 Å². The number of phosphoric ester groups is 1. The van der Waals surface area contributed by atoms with Crippen LogP contribution in [0.3, 0.4) is 0 Å². The van der Waals surface area contributed by atoms with E-state index in [0.717, 1.165) is 7.11 Å². The molecule has 0 saturated carbocycles. The molecule has 0 aromatic heterocycles. The molecule has 0 amide bonds. The minimum absolute atomic E-state index is 0. The molecule has 0 spiro atoms. The van der Waals surface area contributed by atoms with Crippen LogP contribution in [0, 0.1) is 0 Å². The molecule has 15 heteroatoms. The zero-order chi connectivity index (χ0) is 10.7. The van der Waals surface area contributed by atoms with Crippen LogP contribution in [0.25, 0.3) is 0 Å². The topological polar surface area (TPSA) is 245 Å². The van der Waals surface area contributed by atoms with E-state index in [4.69, 9.17) is 14.7 Å². The van der Waals surface area contributed by atoms with Crippen molar-refractivity contribution in [1.82, 2.24) is 18.5 Å². The summed E-state index contributed by atoms with van der Waals surface area (Å²) in [4.78, 5) is 25.0. The summed E-state index contributed by atoms with van der Waals surface area (Å²) in [6.45, 7) is 0. The van der Waals surface area contributed by atoms with Gasteiger partial charge >= 0.3 is 23.9 Å². The van der Waals surface area contributed by atoms with Crippen molar-refractivity contribution in [2.24, 2.45) is 0 Å². The Labute approximate surface area is 91.8 Å². The van der Waals surface area contributed by atoms with E-state index in [-0.39, 0.29) is 18.5 Å². The normalized spacial score (nSPS) is 17.6. The van der Waals surface area contributed by atoms with E-state index in [1.807, 2.05) is 0 Å². The molecule has 3 atom stereocenters. The van der Waals surface area contributed by atoms with Crippen LogP contribution in [0.5, 0.6) is 0 Å². The van der Waals surface area contributed by atoms with Crippen LogP contribution in [-0.2, 0) is 26.8 Å². The molecule has 0 aliphatic carbocycles. The Morgan fingerprint density at radius 3 is 1.69 bits per heavy atom. The molecule has 16 heavy (non-hydrogen) atoms. The lowest BCUT2D eigenvalue weighted by atomic mass is 11.8.